The van der Waals surface area contributed by atoms with Crippen LogP contribution in [0.5, 0.6) is 0 Å². The number of hydrogen-bond donors (Lipinski definition) is 1. The second-order valence-corrected chi connectivity index (χ2v) is 13.2. The van der Waals surface area contributed by atoms with Gasteiger partial charge in [0.25, 0.3) is 10.0 Å². The molecule has 3 rings (SSSR count). The Hall–Kier alpha value is -3.65. The Kier molecular flexibility index (Phi) is 9.79. The van der Waals surface area contributed by atoms with Gasteiger partial charge in [0.2, 0.25) is 11.8 Å². The highest BCUT2D eigenvalue weighted by molar-refractivity contribution is 7.92. The number of hydrogen-bond acceptors (Lipinski definition) is 4. The third-order valence-corrected chi connectivity index (χ3v) is 8.32. The van der Waals surface area contributed by atoms with Crippen molar-refractivity contribution in [3.63, 3.8) is 0 Å². The lowest BCUT2D eigenvalue weighted by Gasteiger charge is -2.35. The number of nitrogens with zero attached hydrogens (tertiary/aromatic N) is 2. The smallest absolute Gasteiger partial charge is 0.264 e. The molecular weight excluding hydrogens is 522 g/mol. The summed E-state index contributed by atoms with van der Waals surface area (Å²) in [6, 6.07) is 20.6. The molecule has 40 heavy (non-hydrogen) atoms. The number of amides is 2. The molecule has 0 aromatic heterocycles. The Morgan fingerprint density at radius 2 is 1.43 bits per heavy atom. The third-order valence-electron chi connectivity index (χ3n) is 6.54. The van der Waals surface area contributed by atoms with Crippen molar-refractivity contribution >= 4 is 27.5 Å². The molecule has 0 saturated carbocycles. The van der Waals surface area contributed by atoms with Gasteiger partial charge in [-0.15, -0.1) is 0 Å². The van der Waals surface area contributed by atoms with Gasteiger partial charge in [-0.05, 0) is 83.4 Å². The third kappa shape index (κ3) is 7.94. The van der Waals surface area contributed by atoms with E-state index in [1.54, 1.807) is 42.5 Å². The van der Waals surface area contributed by atoms with E-state index in [1.807, 2.05) is 78.8 Å². The Morgan fingerprint density at radius 3 is 1.95 bits per heavy atom. The van der Waals surface area contributed by atoms with Gasteiger partial charge in [0, 0.05) is 12.1 Å². The van der Waals surface area contributed by atoms with Gasteiger partial charge in [0.05, 0.1) is 10.6 Å². The number of carbonyl (C=O) groups excluding carboxylic acids is 2. The fourth-order valence-electron chi connectivity index (χ4n) is 4.41. The summed E-state index contributed by atoms with van der Waals surface area (Å²) >= 11 is 0. The number of carbonyl (C=O) groups is 2. The van der Waals surface area contributed by atoms with Crippen molar-refractivity contribution in [2.45, 2.75) is 77.9 Å². The minimum atomic E-state index is -4.09. The van der Waals surface area contributed by atoms with Crippen molar-refractivity contribution in [3.8, 4) is 0 Å². The highest BCUT2D eigenvalue weighted by Gasteiger charge is 2.34. The molecule has 7 nitrogen and oxygen atoms in total. The Labute approximate surface area is 239 Å². The maximum Gasteiger partial charge on any atom is 0.264 e. The molecule has 2 amide bonds. The van der Waals surface area contributed by atoms with E-state index in [4.69, 9.17) is 0 Å². The quantitative estimate of drug-likeness (QED) is 0.352. The van der Waals surface area contributed by atoms with Crippen LogP contribution in [0.2, 0.25) is 0 Å². The summed E-state index contributed by atoms with van der Waals surface area (Å²) in [5, 5.41) is 2.99. The average Bonchev–Trinajstić information content (AvgIpc) is 2.87. The molecule has 0 radical (unpaired) electrons. The highest BCUT2D eigenvalue weighted by atomic mass is 32.2. The maximum atomic E-state index is 14.1. The molecule has 0 unspecified atom stereocenters. The maximum absolute atomic E-state index is 14.1. The number of benzene rings is 3. The van der Waals surface area contributed by atoms with Crippen LogP contribution in [0.25, 0.3) is 0 Å². The van der Waals surface area contributed by atoms with E-state index in [0.717, 1.165) is 26.6 Å². The molecule has 0 aliphatic rings. The van der Waals surface area contributed by atoms with Crippen LogP contribution in [0.3, 0.4) is 0 Å². The van der Waals surface area contributed by atoms with Crippen molar-refractivity contribution in [2.75, 3.05) is 10.8 Å². The lowest BCUT2D eigenvalue weighted by molar-refractivity contribution is -0.141. The van der Waals surface area contributed by atoms with Gasteiger partial charge in [0.15, 0.2) is 0 Å². The molecule has 3 aromatic rings. The van der Waals surface area contributed by atoms with Crippen LogP contribution in [0.4, 0.5) is 5.69 Å². The van der Waals surface area contributed by atoms with Crippen LogP contribution >= 0.6 is 0 Å². The van der Waals surface area contributed by atoms with Gasteiger partial charge in [-0.1, -0.05) is 66.6 Å². The number of aryl methyl sites for hydroxylation is 3. The van der Waals surface area contributed by atoms with Gasteiger partial charge in [0.1, 0.15) is 12.6 Å². The van der Waals surface area contributed by atoms with Crippen molar-refractivity contribution < 1.29 is 18.0 Å². The number of nitrogens with one attached hydrogen (secondary N) is 1. The van der Waals surface area contributed by atoms with Gasteiger partial charge < -0.3 is 10.2 Å². The Bertz CT molecular complexity index is 1430. The van der Waals surface area contributed by atoms with Crippen LogP contribution in [0.1, 0.15) is 56.4 Å². The molecule has 0 bridgehead atoms. The Balaban J connectivity index is 2.07. The normalized spacial score (nSPS) is 12.5. The van der Waals surface area contributed by atoms with Crippen LogP contribution < -0.4 is 9.62 Å². The van der Waals surface area contributed by atoms with Crippen molar-refractivity contribution in [1.29, 1.82) is 0 Å². The van der Waals surface area contributed by atoms with E-state index >= 15 is 0 Å². The monoisotopic (exact) mass is 563 g/mol. The standard InChI is InChI=1S/C32H41N3O4S/c1-8-29(31(37)33-32(5,6)7)34(21-26-16-12-23(2)13-17-26)30(36)22-35(27-11-9-10-25(4)20-27)40(38,39)28-18-14-24(3)15-19-28/h9-20,29H,8,21-22H2,1-7H3,(H,33,37)/t29-/m0/s1. The zero-order chi connectivity index (χ0) is 29.7. The predicted octanol–water partition coefficient (Wildman–Crippen LogP) is 5.53. The lowest BCUT2D eigenvalue weighted by Crippen LogP contribution is -2.55. The molecule has 3 aromatic carbocycles. The topological polar surface area (TPSA) is 86.8 Å². The van der Waals surface area contributed by atoms with E-state index in [9.17, 15) is 18.0 Å². The number of anilines is 1. The lowest BCUT2D eigenvalue weighted by atomic mass is 10.1. The minimum Gasteiger partial charge on any atom is -0.350 e. The second-order valence-electron chi connectivity index (χ2n) is 11.3. The minimum absolute atomic E-state index is 0.0926. The number of rotatable bonds is 10. The molecule has 0 heterocycles. The first-order chi connectivity index (χ1) is 18.7. The fraction of sp³-hybridized carbons (Fsp3) is 0.375. The SMILES string of the molecule is CC[C@@H](C(=O)NC(C)(C)C)N(Cc1ccc(C)cc1)C(=O)CN(c1cccc(C)c1)S(=O)(=O)c1ccc(C)cc1. The van der Waals surface area contributed by atoms with Gasteiger partial charge in [-0.3, -0.25) is 13.9 Å². The molecule has 0 spiro atoms. The summed E-state index contributed by atoms with van der Waals surface area (Å²) in [6.07, 6.45) is 0.370. The summed E-state index contributed by atoms with van der Waals surface area (Å²) in [5.74, 6) is -0.743. The summed E-state index contributed by atoms with van der Waals surface area (Å²) in [4.78, 5) is 29.1. The first kappa shape index (κ1) is 30.9. The molecule has 0 saturated heterocycles. The summed E-state index contributed by atoms with van der Waals surface area (Å²) in [5.41, 5.74) is 3.61. The Morgan fingerprint density at radius 1 is 0.850 bits per heavy atom. The predicted molar refractivity (Wildman–Crippen MR) is 161 cm³/mol. The van der Waals surface area contributed by atoms with Crippen LogP contribution in [0.15, 0.2) is 77.7 Å². The molecule has 0 aliphatic heterocycles. The van der Waals surface area contributed by atoms with Crippen molar-refractivity contribution in [2.24, 2.45) is 0 Å². The van der Waals surface area contributed by atoms with Crippen molar-refractivity contribution in [1.82, 2.24) is 10.2 Å². The average molecular weight is 564 g/mol. The first-order valence-electron chi connectivity index (χ1n) is 13.5. The fourth-order valence-corrected chi connectivity index (χ4v) is 5.82. The molecule has 214 valence electrons. The first-order valence-corrected chi connectivity index (χ1v) is 15.0. The number of sulfonamides is 1. The molecule has 1 N–H and O–H groups in total. The van der Waals surface area contributed by atoms with Gasteiger partial charge in [-0.2, -0.15) is 0 Å². The molecule has 8 heteroatoms. The zero-order valence-corrected chi connectivity index (χ0v) is 25.4. The largest absolute Gasteiger partial charge is 0.350 e. The van der Waals surface area contributed by atoms with E-state index < -0.39 is 34.1 Å². The second kappa shape index (κ2) is 12.7. The molecule has 0 aliphatic carbocycles. The zero-order valence-electron chi connectivity index (χ0n) is 24.6. The molecule has 1 atom stereocenters. The molecule has 0 fully saturated rings. The summed E-state index contributed by atoms with van der Waals surface area (Å²) < 4.78 is 29.0. The van der Waals surface area contributed by atoms with E-state index in [1.165, 1.54) is 4.90 Å². The van der Waals surface area contributed by atoms with Crippen LogP contribution in [0, 0.1) is 20.8 Å². The molecular formula is C32H41N3O4S. The van der Waals surface area contributed by atoms with E-state index in [-0.39, 0.29) is 17.3 Å². The van der Waals surface area contributed by atoms with E-state index in [2.05, 4.69) is 5.32 Å². The van der Waals surface area contributed by atoms with Crippen LogP contribution in [-0.4, -0.2) is 43.3 Å². The summed E-state index contributed by atoms with van der Waals surface area (Å²) in [7, 11) is -4.09. The van der Waals surface area contributed by atoms with E-state index in [0.29, 0.717) is 12.1 Å². The van der Waals surface area contributed by atoms with Crippen molar-refractivity contribution in [3.05, 3.63) is 95.1 Å². The summed E-state index contributed by atoms with van der Waals surface area (Å²) in [6.45, 7) is 13.0. The van der Waals surface area contributed by atoms with Gasteiger partial charge >= 0.3 is 0 Å². The van der Waals surface area contributed by atoms with Gasteiger partial charge in [-0.25, -0.2) is 8.42 Å². The van der Waals surface area contributed by atoms with Crippen LogP contribution in [-0.2, 0) is 26.2 Å². The highest BCUT2D eigenvalue weighted by Crippen LogP contribution is 2.26.